The van der Waals surface area contributed by atoms with E-state index in [1.165, 1.54) is 0 Å². The summed E-state index contributed by atoms with van der Waals surface area (Å²) in [6.45, 7) is 2.55. The lowest BCUT2D eigenvalue weighted by molar-refractivity contribution is -0.129. The Morgan fingerprint density at radius 1 is 1.50 bits per heavy atom. The van der Waals surface area contributed by atoms with Gasteiger partial charge >= 0.3 is 0 Å². The fourth-order valence-corrected chi connectivity index (χ4v) is 1.99. The maximum Gasteiger partial charge on any atom is 0.253 e. The van der Waals surface area contributed by atoms with E-state index in [4.69, 9.17) is 10.00 Å². The molecule has 0 bridgehead atoms. The first-order valence-electron chi connectivity index (χ1n) is 6.14. The topological polar surface area (TPSA) is 62.1 Å². The molecule has 1 unspecified atom stereocenters. The molecule has 1 aromatic carbocycles. The third-order valence-corrected chi connectivity index (χ3v) is 3.10. The van der Waals surface area contributed by atoms with Gasteiger partial charge in [0.2, 0.25) is 0 Å². The molecule has 4 heteroatoms. The lowest BCUT2D eigenvalue weighted by Gasteiger charge is -2.22. The van der Waals surface area contributed by atoms with Crippen LogP contribution >= 0.6 is 0 Å². The number of carbonyl (C=O) groups excluding carboxylic acids is 1. The molecular weight excluding hydrogens is 228 g/mol. The molecule has 1 amide bonds. The number of aryl methyl sites for hydroxylation is 1. The van der Waals surface area contributed by atoms with E-state index in [-0.39, 0.29) is 12.0 Å². The minimum Gasteiger partial charge on any atom is -0.368 e. The molecule has 18 heavy (non-hydrogen) atoms. The van der Waals surface area contributed by atoms with Crippen LogP contribution in [0.4, 0.5) is 5.69 Å². The number of anilines is 1. The van der Waals surface area contributed by atoms with Crippen molar-refractivity contribution in [1.82, 2.24) is 0 Å². The SMILES string of the molecule is Cc1ccc(C#N)cc1NC(=O)C1CCCCO1. The van der Waals surface area contributed by atoms with E-state index in [0.29, 0.717) is 17.9 Å². The zero-order valence-electron chi connectivity index (χ0n) is 10.4. The van der Waals surface area contributed by atoms with Gasteiger partial charge in [-0.3, -0.25) is 4.79 Å². The number of hydrogen-bond donors (Lipinski definition) is 1. The van der Waals surface area contributed by atoms with Crippen molar-refractivity contribution in [2.24, 2.45) is 0 Å². The third kappa shape index (κ3) is 2.88. The highest BCUT2D eigenvalue weighted by Gasteiger charge is 2.22. The first-order chi connectivity index (χ1) is 8.70. The number of rotatable bonds is 2. The summed E-state index contributed by atoms with van der Waals surface area (Å²) < 4.78 is 5.43. The lowest BCUT2D eigenvalue weighted by Crippen LogP contribution is -2.33. The van der Waals surface area contributed by atoms with E-state index in [1.54, 1.807) is 12.1 Å². The molecule has 4 nitrogen and oxygen atoms in total. The molecule has 0 saturated carbocycles. The Hall–Kier alpha value is -1.86. The maximum absolute atomic E-state index is 12.0. The minimum atomic E-state index is -0.358. The highest BCUT2D eigenvalue weighted by molar-refractivity contribution is 5.95. The molecule has 0 spiro atoms. The Bertz CT molecular complexity index is 485. The van der Waals surface area contributed by atoms with E-state index in [1.807, 2.05) is 13.0 Å². The van der Waals surface area contributed by atoms with Crippen molar-refractivity contribution < 1.29 is 9.53 Å². The molecule has 1 aromatic rings. The number of hydrogen-bond acceptors (Lipinski definition) is 3. The van der Waals surface area contributed by atoms with Gasteiger partial charge in [-0.25, -0.2) is 0 Å². The Balaban J connectivity index is 2.08. The van der Waals surface area contributed by atoms with Crippen LogP contribution in [0, 0.1) is 18.3 Å². The second-order valence-electron chi connectivity index (χ2n) is 4.49. The van der Waals surface area contributed by atoms with Gasteiger partial charge in [0, 0.05) is 12.3 Å². The minimum absolute atomic E-state index is 0.118. The van der Waals surface area contributed by atoms with Gasteiger partial charge in [-0.05, 0) is 43.9 Å². The summed E-state index contributed by atoms with van der Waals surface area (Å²) >= 11 is 0. The second-order valence-corrected chi connectivity index (χ2v) is 4.49. The number of amides is 1. The van der Waals surface area contributed by atoms with Crippen molar-refractivity contribution in [2.75, 3.05) is 11.9 Å². The van der Waals surface area contributed by atoms with Crippen molar-refractivity contribution >= 4 is 11.6 Å². The van der Waals surface area contributed by atoms with Gasteiger partial charge in [0.1, 0.15) is 6.10 Å². The molecule has 0 aromatic heterocycles. The monoisotopic (exact) mass is 244 g/mol. The van der Waals surface area contributed by atoms with Crippen LogP contribution in [-0.4, -0.2) is 18.6 Å². The number of benzene rings is 1. The summed E-state index contributed by atoms with van der Waals surface area (Å²) in [7, 11) is 0. The van der Waals surface area contributed by atoms with Crippen molar-refractivity contribution in [3.63, 3.8) is 0 Å². The van der Waals surface area contributed by atoms with Crippen LogP contribution in [0.25, 0.3) is 0 Å². The van der Waals surface area contributed by atoms with Crippen LogP contribution in [0.5, 0.6) is 0 Å². The summed E-state index contributed by atoms with van der Waals surface area (Å²) in [6, 6.07) is 7.32. The molecule has 1 atom stereocenters. The molecule has 1 saturated heterocycles. The predicted molar refractivity (Wildman–Crippen MR) is 68.1 cm³/mol. The molecule has 0 aliphatic carbocycles. The van der Waals surface area contributed by atoms with Gasteiger partial charge in [-0.2, -0.15) is 5.26 Å². The van der Waals surface area contributed by atoms with E-state index in [9.17, 15) is 4.79 Å². The van der Waals surface area contributed by atoms with Crippen molar-refractivity contribution in [3.05, 3.63) is 29.3 Å². The van der Waals surface area contributed by atoms with E-state index in [2.05, 4.69) is 11.4 Å². The lowest BCUT2D eigenvalue weighted by atomic mass is 10.1. The standard InChI is InChI=1S/C14H16N2O2/c1-10-5-6-11(9-15)8-12(10)16-14(17)13-4-2-3-7-18-13/h5-6,8,13H,2-4,7H2,1H3,(H,16,17). The maximum atomic E-state index is 12.0. The number of nitriles is 1. The molecule has 1 aliphatic heterocycles. The zero-order valence-corrected chi connectivity index (χ0v) is 10.4. The normalized spacial score (nSPS) is 19.0. The van der Waals surface area contributed by atoms with Gasteiger partial charge in [-0.15, -0.1) is 0 Å². The fourth-order valence-electron chi connectivity index (χ4n) is 1.99. The molecular formula is C14H16N2O2. The van der Waals surface area contributed by atoms with E-state index >= 15 is 0 Å². The average Bonchev–Trinajstić information content (AvgIpc) is 2.42. The summed E-state index contributed by atoms with van der Waals surface area (Å²) in [5.41, 5.74) is 2.17. The summed E-state index contributed by atoms with van der Waals surface area (Å²) in [5, 5.41) is 11.7. The molecule has 1 fully saturated rings. The van der Waals surface area contributed by atoms with E-state index < -0.39 is 0 Å². The second kappa shape index (κ2) is 5.65. The van der Waals surface area contributed by atoms with Gasteiger partial charge in [0.15, 0.2) is 0 Å². The molecule has 94 valence electrons. The predicted octanol–water partition coefficient (Wildman–Crippen LogP) is 2.37. The largest absolute Gasteiger partial charge is 0.368 e. The first-order valence-corrected chi connectivity index (χ1v) is 6.14. The van der Waals surface area contributed by atoms with Crippen molar-refractivity contribution in [2.45, 2.75) is 32.3 Å². The van der Waals surface area contributed by atoms with Crippen LogP contribution < -0.4 is 5.32 Å². The van der Waals surface area contributed by atoms with Gasteiger partial charge < -0.3 is 10.1 Å². The van der Waals surface area contributed by atoms with Crippen LogP contribution in [-0.2, 0) is 9.53 Å². The molecule has 1 aliphatic rings. The quantitative estimate of drug-likeness (QED) is 0.868. The fraction of sp³-hybridized carbons (Fsp3) is 0.429. The van der Waals surface area contributed by atoms with Crippen LogP contribution in [0.2, 0.25) is 0 Å². The van der Waals surface area contributed by atoms with Crippen LogP contribution in [0.15, 0.2) is 18.2 Å². The summed E-state index contributed by atoms with van der Waals surface area (Å²) in [4.78, 5) is 12.0. The van der Waals surface area contributed by atoms with Crippen molar-refractivity contribution in [3.8, 4) is 6.07 Å². The zero-order chi connectivity index (χ0) is 13.0. The smallest absolute Gasteiger partial charge is 0.253 e. The number of nitrogens with one attached hydrogen (secondary N) is 1. The number of nitrogens with zero attached hydrogens (tertiary/aromatic N) is 1. The highest BCUT2D eigenvalue weighted by atomic mass is 16.5. The van der Waals surface area contributed by atoms with Crippen LogP contribution in [0.1, 0.15) is 30.4 Å². The Morgan fingerprint density at radius 2 is 2.33 bits per heavy atom. The van der Waals surface area contributed by atoms with Gasteiger partial charge in [0.05, 0.1) is 11.6 Å². The van der Waals surface area contributed by atoms with Gasteiger partial charge in [0.25, 0.3) is 5.91 Å². The Labute approximate surface area is 107 Å². The third-order valence-electron chi connectivity index (χ3n) is 3.10. The van der Waals surface area contributed by atoms with Crippen LogP contribution in [0.3, 0.4) is 0 Å². The highest BCUT2D eigenvalue weighted by Crippen LogP contribution is 2.19. The molecule has 1 heterocycles. The first kappa shape index (κ1) is 12.6. The Kier molecular flexibility index (Phi) is 3.96. The van der Waals surface area contributed by atoms with Crippen molar-refractivity contribution in [1.29, 1.82) is 5.26 Å². The molecule has 0 radical (unpaired) electrons. The summed E-state index contributed by atoms with van der Waals surface area (Å²) in [6.07, 6.45) is 2.45. The van der Waals surface area contributed by atoms with E-state index in [0.717, 1.165) is 24.8 Å². The van der Waals surface area contributed by atoms with Gasteiger partial charge in [-0.1, -0.05) is 6.07 Å². The number of carbonyl (C=O) groups is 1. The Morgan fingerprint density at radius 3 is 3.00 bits per heavy atom. The summed E-state index contributed by atoms with van der Waals surface area (Å²) in [5.74, 6) is -0.118. The number of ether oxygens (including phenoxy) is 1. The molecule has 1 N–H and O–H groups in total. The molecule has 2 rings (SSSR count). The average molecular weight is 244 g/mol.